The predicted octanol–water partition coefficient (Wildman–Crippen LogP) is -0.328. The summed E-state index contributed by atoms with van der Waals surface area (Å²) in [6.45, 7) is 2.02. The monoisotopic (exact) mass is 239 g/mol. The van der Waals surface area contributed by atoms with Crippen molar-refractivity contribution in [3.05, 3.63) is 22.7 Å². The van der Waals surface area contributed by atoms with E-state index in [0.717, 1.165) is 0 Å². The van der Waals surface area contributed by atoms with Crippen LogP contribution < -0.4 is 10.9 Å². The molecule has 1 aromatic heterocycles. The number of aromatic amines is 1. The topological polar surface area (TPSA) is 104 Å². The lowest BCUT2D eigenvalue weighted by Gasteiger charge is -2.25. The Morgan fingerprint density at radius 1 is 1.76 bits per heavy atom. The largest absolute Gasteiger partial charge is 0.481 e. The van der Waals surface area contributed by atoms with E-state index >= 15 is 0 Å². The second-order valence-corrected chi connectivity index (χ2v) is 4.23. The normalized spacial score (nSPS) is 27.9. The van der Waals surface area contributed by atoms with Crippen LogP contribution in [0.3, 0.4) is 0 Å². The van der Waals surface area contributed by atoms with Gasteiger partial charge in [0.25, 0.3) is 5.56 Å². The van der Waals surface area contributed by atoms with Crippen molar-refractivity contribution in [1.82, 2.24) is 9.97 Å². The Kier molecular flexibility index (Phi) is 2.84. The first kappa shape index (κ1) is 11.6. The number of aromatic nitrogens is 2. The maximum atomic E-state index is 11.2. The van der Waals surface area contributed by atoms with Crippen molar-refractivity contribution in [3.63, 3.8) is 0 Å². The first-order chi connectivity index (χ1) is 8.02. The molecule has 0 aromatic carbocycles. The number of aliphatic carboxylic acids is 1. The number of carboxylic acid groups (broad SMARTS) is 1. The molecule has 7 nitrogen and oxygen atoms in total. The van der Waals surface area contributed by atoms with Crippen LogP contribution in [0.2, 0.25) is 0 Å². The van der Waals surface area contributed by atoms with E-state index < -0.39 is 17.4 Å². The molecule has 2 unspecified atom stereocenters. The maximum absolute atomic E-state index is 11.2. The van der Waals surface area contributed by atoms with E-state index in [1.165, 1.54) is 12.4 Å². The van der Waals surface area contributed by atoms with E-state index in [-0.39, 0.29) is 18.8 Å². The van der Waals surface area contributed by atoms with Crippen LogP contribution >= 0.6 is 0 Å². The molecule has 17 heavy (non-hydrogen) atoms. The molecule has 0 amide bonds. The van der Waals surface area contributed by atoms with E-state index in [2.05, 4.69) is 15.3 Å². The van der Waals surface area contributed by atoms with Crippen LogP contribution in [0.1, 0.15) is 6.92 Å². The minimum atomic E-state index is -1.01. The van der Waals surface area contributed by atoms with Crippen LogP contribution in [0, 0.1) is 5.41 Å². The summed E-state index contributed by atoms with van der Waals surface area (Å²) in [5, 5.41) is 12.1. The molecule has 1 aliphatic heterocycles. The van der Waals surface area contributed by atoms with Gasteiger partial charge in [-0.2, -0.15) is 0 Å². The molecule has 1 fully saturated rings. The van der Waals surface area contributed by atoms with Gasteiger partial charge in [-0.05, 0) is 6.92 Å². The quantitative estimate of drug-likeness (QED) is 0.667. The molecule has 0 spiro atoms. The third-order valence-electron chi connectivity index (χ3n) is 2.94. The summed E-state index contributed by atoms with van der Waals surface area (Å²) in [4.78, 5) is 28.6. The minimum Gasteiger partial charge on any atom is -0.481 e. The van der Waals surface area contributed by atoms with Gasteiger partial charge >= 0.3 is 5.97 Å². The van der Waals surface area contributed by atoms with Gasteiger partial charge in [-0.25, -0.2) is 4.98 Å². The number of hydrogen-bond donors (Lipinski definition) is 3. The van der Waals surface area contributed by atoms with E-state index in [9.17, 15) is 9.59 Å². The van der Waals surface area contributed by atoms with Crippen LogP contribution in [0.5, 0.6) is 0 Å². The van der Waals surface area contributed by atoms with Crippen LogP contribution in [0.15, 0.2) is 17.2 Å². The number of rotatable bonds is 3. The predicted molar refractivity (Wildman–Crippen MR) is 58.8 cm³/mol. The summed E-state index contributed by atoms with van der Waals surface area (Å²) in [5.74, 6) is -0.589. The van der Waals surface area contributed by atoms with Gasteiger partial charge in [0.1, 0.15) is 11.2 Å². The molecule has 1 saturated heterocycles. The van der Waals surface area contributed by atoms with E-state index in [0.29, 0.717) is 5.82 Å². The van der Waals surface area contributed by atoms with Crippen LogP contribution in [-0.4, -0.2) is 40.3 Å². The fourth-order valence-corrected chi connectivity index (χ4v) is 1.71. The molecule has 7 heteroatoms. The minimum absolute atomic E-state index is 0.142. The van der Waals surface area contributed by atoms with Crippen LogP contribution in [0.25, 0.3) is 0 Å². The van der Waals surface area contributed by atoms with E-state index in [1.54, 1.807) is 6.92 Å². The molecular weight excluding hydrogens is 226 g/mol. The van der Waals surface area contributed by atoms with Crippen LogP contribution in [-0.2, 0) is 9.53 Å². The molecule has 1 aromatic rings. The number of nitrogens with one attached hydrogen (secondary N) is 2. The van der Waals surface area contributed by atoms with Gasteiger partial charge in [-0.15, -0.1) is 0 Å². The lowest BCUT2D eigenvalue weighted by Crippen LogP contribution is -2.43. The standard InChI is InChI=1S/C10H13N3O4/c1-10(9(15)16)4-17-3-6(10)13-7-2-8(14)12-5-11-7/h2,5-6H,3-4H2,1H3,(H,15,16)(H2,11,12,13,14). The van der Waals surface area contributed by atoms with Crippen molar-refractivity contribution < 1.29 is 14.6 Å². The van der Waals surface area contributed by atoms with Gasteiger partial charge < -0.3 is 20.1 Å². The van der Waals surface area contributed by atoms with Crippen molar-refractivity contribution in [2.24, 2.45) is 5.41 Å². The fraction of sp³-hybridized carbons (Fsp3) is 0.500. The van der Waals surface area contributed by atoms with Gasteiger partial charge in [-0.1, -0.05) is 0 Å². The number of carboxylic acids is 1. The summed E-state index contributed by atoms with van der Waals surface area (Å²) >= 11 is 0. The SMILES string of the molecule is CC1(C(=O)O)COCC1Nc1cc(=O)[nH]cn1. The Bertz CT molecular complexity index is 486. The summed E-state index contributed by atoms with van der Waals surface area (Å²) in [5.41, 5.74) is -1.30. The molecule has 2 rings (SSSR count). The second kappa shape index (κ2) is 4.17. The Hall–Kier alpha value is -1.89. The van der Waals surface area contributed by atoms with Crippen LogP contribution in [0.4, 0.5) is 5.82 Å². The second-order valence-electron chi connectivity index (χ2n) is 4.23. The highest BCUT2D eigenvalue weighted by molar-refractivity contribution is 5.76. The molecule has 2 heterocycles. The summed E-state index contributed by atoms with van der Waals surface area (Å²) < 4.78 is 5.18. The van der Waals surface area contributed by atoms with Gasteiger partial charge in [0.05, 0.1) is 25.6 Å². The smallest absolute Gasteiger partial charge is 0.313 e. The van der Waals surface area contributed by atoms with Crippen molar-refractivity contribution in [3.8, 4) is 0 Å². The van der Waals surface area contributed by atoms with Crippen molar-refractivity contribution in [2.75, 3.05) is 18.5 Å². The zero-order valence-electron chi connectivity index (χ0n) is 9.27. The molecule has 3 N–H and O–H groups in total. The Morgan fingerprint density at radius 3 is 3.18 bits per heavy atom. The number of hydrogen-bond acceptors (Lipinski definition) is 5. The Labute approximate surface area is 96.8 Å². The first-order valence-electron chi connectivity index (χ1n) is 5.15. The fourth-order valence-electron chi connectivity index (χ4n) is 1.71. The number of carbonyl (C=O) groups is 1. The number of anilines is 1. The molecule has 2 atom stereocenters. The summed E-state index contributed by atoms with van der Waals surface area (Å²) in [7, 11) is 0. The molecular formula is C10H13N3O4. The average molecular weight is 239 g/mol. The molecule has 0 aliphatic carbocycles. The third kappa shape index (κ3) is 2.14. The zero-order valence-corrected chi connectivity index (χ0v) is 9.27. The van der Waals surface area contributed by atoms with Gasteiger partial charge in [0.2, 0.25) is 0 Å². The summed E-state index contributed by atoms with van der Waals surface area (Å²) in [6, 6.07) is 0.870. The summed E-state index contributed by atoms with van der Waals surface area (Å²) in [6.07, 6.45) is 1.26. The highest BCUT2D eigenvalue weighted by atomic mass is 16.5. The molecule has 1 aliphatic rings. The van der Waals surface area contributed by atoms with Gasteiger partial charge in [0.15, 0.2) is 0 Å². The highest BCUT2D eigenvalue weighted by Gasteiger charge is 2.46. The van der Waals surface area contributed by atoms with Crippen molar-refractivity contribution in [1.29, 1.82) is 0 Å². The zero-order chi connectivity index (χ0) is 12.5. The molecule has 92 valence electrons. The number of H-pyrrole nitrogens is 1. The lowest BCUT2D eigenvalue weighted by molar-refractivity contribution is -0.148. The van der Waals surface area contributed by atoms with E-state index in [4.69, 9.17) is 9.84 Å². The van der Waals surface area contributed by atoms with Gasteiger partial charge in [0, 0.05) is 6.07 Å². The Morgan fingerprint density at radius 2 is 2.53 bits per heavy atom. The molecule has 0 saturated carbocycles. The lowest BCUT2D eigenvalue weighted by atomic mass is 9.85. The highest BCUT2D eigenvalue weighted by Crippen LogP contribution is 2.30. The Balaban J connectivity index is 2.19. The third-order valence-corrected chi connectivity index (χ3v) is 2.94. The van der Waals surface area contributed by atoms with Gasteiger partial charge in [-0.3, -0.25) is 9.59 Å². The maximum Gasteiger partial charge on any atom is 0.313 e. The molecule has 0 bridgehead atoms. The van der Waals surface area contributed by atoms with Crippen molar-refractivity contribution in [2.45, 2.75) is 13.0 Å². The molecule has 0 radical (unpaired) electrons. The first-order valence-corrected chi connectivity index (χ1v) is 5.15. The average Bonchev–Trinajstić information content (AvgIpc) is 2.62. The number of nitrogens with zero attached hydrogens (tertiary/aromatic N) is 1. The number of ether oxygens (including phenoxy) is 1. The van der Waals surface area contributed by atoms with Crippen molar-refractivity contribution >= 4 is 11.8 Å². The van der Waals surface area contributed by atoms with E-state index in [1.807, 2.05) is 0 Å².